The lowest BCUT2D eigenvalue weighted by Crippen LogP contribution is -2.53. The maximum Gasteiger partial charge on any atom is 0.311 e. The first kappa shape index (κ1) is 16.8. The summed E-state index contributed by atoms with van der Waals surface area (Å²) in [6, 6.07) is 0. The lowest BCUT2D eigenvalue weighted by molar-refractivity contribution is -0.164. The fourth-order valence-electron chi connectivity index (χ4n) is 6.09. The molecule has 0 N–H and O–H groups in total. The summed E-state index contributed by atoms with van der Waals surface area (Å²) in [7, 11) is 1.54. The van der Waals surface area contributed by atoms with E-state index in [1.807, 2.05) is 0 Å². The minimum atomic E-state index is -0.313. The van der Waals surface area contributed by atoms with Gasteiger partial charge >= 0.3 is 5.97 Å². The Morgan fingerprint density at radius 1 is 1.30 bits per heavy atom. The lowest BCUT2D eigenvalue weighted by atomic mass is 9.46. The molecule has 0 aromatic heterocycles. The molecule has 0 heterocycles. The Kier molecular flexibility index (Phi) is 4.01. The van der Waals surface area contributed by atoms with E-state index in [0.717, 1.165) is 25.7 Å². The van der Waals surface area contributed by atoms with Crippen molar-refractivity contribution in [3.8, 4) is 0 Å². The number of carbonyl (C=O) groups is 1. The molecule has 3 aliphatic rings. The monoisotopic (exact) mass is 316 g/mol. The van der Waals surface area contributed by atoms with Gasteiger partial charge in [-0.15, -0.1) is 6.58 Å². The number of fused-ring (bicyclic) bond motifs is 3. The van der Waals surface area contributed by atoms with Crippen LogP contribution in [0.4, 0.5) is 0 Å². The number of carbonyl (C=O) groups excluding carboxylic acids is 1. The Hall–Kier alpha value is -1.05. The van der Waals surface area contributed by atoms with E-state index in [1.54, 1.807) is 12.7 Å². The van der Waals surface area contributed by atoms with Crippen molar-refractivity contribution < 1.29 is 9.53 Å². The molecule has 2 nitrogen and oxygen atoms in total. The van der Waals surface area contributed by atoms with Crippen molar-refractivity contribution in [1.82, 2.24) is 0 Å². The summed E-state index contributed by atoms with van der Waals surface area (Å²) < 4.78 is 5.20. The molecule has 2 heteroatoms. The van der Waals surface area contributed by atoms with E-state index < -0.39 is 0 Å². The summed E-state index contributed by atoms with van der Waals surface area (Å²) in [4.78, 5) is 12.5. The van der Waals surface area contributed by atoms with Crippen molar-refractivity contribution in [1.29, 1.82) is 0 Å². The maximum atomic E-state index is 12.5. The van der Waals surface area contributed by atoms with Crippen molar-refractivity contribution in [2.75, 3.05) is 7.11 Å². The maximum absolute atomic E-state index is 12.5. The largest absolute Gasteiger partial charge is 0.469 e. The normalized spacial score (nSPS) is 46.2. The zero-order chi connectivity index (χ0) is 16.9. The van der Waals surface area contributed by atoms with Crippen LogP contribution >= 0.6 is 0 Å². The van der Waals surface area contributed by atoms with Gasteiger partial charge in [-0.1, -0.05) is 38.0 Å². The van der Waals surface area contributed by atoms with E-state index in [0.29, 0.717) is 11.8 Å². The van der Waals surface area contributed by atoms with E-state index in [4.69, 9.17) is 4.74 Å². The van der Waals surface area contributed by atoms with Gasteiger partial charge in [0, 0.05) is 0 Å². The highest BCUT2D eigenvalue weighted by molar-refractivity contribution is 5.77. The van der Waals surface area contributed by atoms with Crippen LogP contribution in [0.15, 0.2) is 24.3 Å². The highest BCUT2D eigenvalue weighted by Gasteiger charge is 2.58. The third-order valence-electron chi connectivity index (χ3n) is 7.48. The van der Waals surface area contributed by atoms with Crippen molar-refractivity contribution in [3.63, 3.8) is 0 Å². The Morgan fingerprint density at radius 2 is 2.04 bits per heavy atom. The summed E-state index contributed by atoms with van der Waals surface area (Å²) >= 11 is 0. The molecule has 5 atom stereocenters. The van der Waals surface area contributed by atoms with E-state index in [2.05, 4.69) is 39.5 Å². The minimum absolute atomic E-state index is 0.000728. The van der Waals surface area contributed by atoms with Gasteiger partial charge < -0.3 is 4.74 Å². The van der Waals surface area contributed by atoms with Crippen molar-refractivity contribution in [2.24, 2.45) is 28.1 Å². The third kappa shape index (κ3) is 2.40. The van der Waals surface area contributed by atoms with Gasteiger partial charge in [-0.25, -0.2) is 0 Å². The van der Waals surface area contributed by atoms with Gasteiger partial charge in [0.2, 0.25) is 0 Å². The van der Waals surface area contributed by atoms with E-state index in [-0.39, 0.29) is 22.2 Å². The van der Waals surface area contributed by atoms with Crippen LogP contribution in [0.3, 0.4) is 0 Å². The van der Waals surface area contributed by atoms with Gasteiger partial charge in [0.15, 0.2) is 0 Å². The highest BCUT2D eigenvalue weighted by atomic mass is 16.5. The van der Waals surface area contributed by atoms with Crippen LogP contribution in [-0.2, 0) is 9.53 Å². The Bertz CT molecular complexity index is 548. The Balaban J connectivity index is 1.98. The SMILES string of the molecule is C=C[C@]1(C)CC=C2[C@@H](CC[C@@H]3[C@](C)(C(=O)OC)CCC[C@@]23C)C1. The summed E-state index contributed by atoms with van der Waals surface area (Å²) in [5.41, 5.74) is 1.75. The zero-order valence-electron chi connectivity index (χ0n) is 15.3. The molecule has 2 saturated carbocycles. The van der Waals surface area contributed by atoms with Crippen molar-refractivity contribution >= 4 is 5.97 Å². The first-order valence-electron chi connectivity index (χ1n) is 9.22. The number of ether oxygens (including phenoxy) is 1. The number of allylic oxidation sites excluding steroid dienone is 3. The highest BCUT2D eigenvalue weighted by Crippen LogP contribution is 2.63. The first-order valence-corrected chi connectivity index (χ1v) is 9.22. The van der Waals surface area contributed by atoms with Gasteiger partial charge in [0.25, 0.3) is 0 Å². The van der Waals surface area contributed by atoms with Crippen molar-refractivity contribution in [2.45, 2.75) is 65.7 Å². The Morgan fingerprint density at radius 3 is 2.70 bits per heavy atom. The molecule has 0 aliphatic heterocycles. The number of hydrogen-bond donors (Lipinski definition) is 0. The fraction of sp³-hybridized carbons (Fsp3) is 0.762. The van der Waals surface area contributed by atoms with Crippen LogP contribution in [0, 0.1) is 28.1 Å². The molecule has 23 heavy (non-hydrogen) atoms. The molecular formula is C21H32O2. The second-order valence-electron chi connectivity index (χ2n) is 8.93. The van der Waals surface area contributed by atoms with Crippen LogP contribution in [0.2, 0.25) is 0 Å². The molecule has 0 aromatic carbocycles. The molecule has 0 spiro atoms. The molecular weight excluding hydrogens is 284 g/mol. The predicted octanol–water partition coefficient (Wildman–Crippen LogP) is 5.29. The molecule has 2 fully saturated rings. The second-order valence-corrected chi connectivity index (χ2v) is 8.93. The van der Waals surface area contributed by atoms with Gasteiger partial charge in [0.05, 0.1) is 12.5 Å². The molecule has 0 saturated heterocycles. The average Bonchev–Trinajstić information content (AvgIpc) is 2.53. The van der Waals surface area contributed by atoms with E-state index >= 15 is 0 Å². The predicted molar refractivity (Wildman–Crippen MR) is 93.9 cm³/mol. The van der Waals surface area contributed by atoms with Crippen LogP contribution < -0.4 is 0 Å². The Labute approximate surface area is 141 Å². The topological polar surface area (TPSA) is 26.3 Å². The van der Waals surface area contributed by atoms with Gasteiger partial charge in [-0.3, -0.25) is 4.79 Å². The van der Waals surface area contributed by atoms with Crippen LogP contribution in [0.1, 0.15) is 65.7 Å². The number of esters is 1. The molecule has 0 radical (unpaired) electrons. The van der Waals surface area contributed by atoms with Gasteiger partial charge in [-0.2, -0.15) is 0 Å². The average molecular weight is 316 g/mol. The van der Waals surface area contributed by atoms with Gasteiger partial charge in [0.1, 0.15) is 0 Å². The quantitative estimate of drug-likeness (QED) is 0.511. The molecule has 0 unspecified atom stereocenters. The fourth-order valence-corrected chi connectivity index (χ4v) is 6.09. The zero-order valence-corrected chi connectivity index (χ0v) is 15.3. The smallest absolute Gasteiger partial charge is 0.311 e. The summed E-state index contributed by atoms with van der Waals surface area (Å²) in [5, 5.41) is 0. The van der Waals surface area contributed by atoms with Crippen molar-refractivity contribution in [3.05, 3.63) is 24.3 Å². The van der Waals surface area contributed by atoms with E-state index in [1.165, 1.54) is 19.3 Å². The first-order chi connectivity index (χ1) is 10.8. The number of rotatable bonds is 2. The molecule has 0 aromatic rings. The number of hydrogen-bond acceptors (Lipinski definition) is 2. The molecule has 0 amide bonds. The molecule has 128 valence electrons. The third-order valence-corrected chi connectivity index (χ3v) is 7.48. The summed E-state index contributed by atoms with van der Waals surface area (Å²) in [5.74, 6) is 1.10. The molecule has 3 rings (SSSR count). The van der Waals surface area contributed by atoms with Gasteiger partial charge in [-0.05, 0) is 68.1 Å². The molecule has 0 bridgehead atoms. The standard InChI is InChI=1S/C21H32O2/c1-6-19(2)13-10-16-15(14-19)8-9-17-20(16,3)11-7-12-21(17,4)18(22)23-5/h6,10,15,17H,1,7-9,11-14H2,2-5H3/t15-,17-,19+,20-,21+/m0/s1. The molecule has 3 aliphatic carbocycles. The van der Waals surface area contributed by atoms with Crippen LogP contribution in [-0.4, -0.2) is 13.1 Å². The van der Waals surface area contributed by atoms with Crippen LogP contribution in [0.25, 0.3) is 0 Å². The van der Waals surface area contributed by atoms with E-state index in [9.17, 15) is 4.79 Å². The number of methoxy groups -OCH3 is 1. The van der Waals surface area contributed by atoms with Crippen LogP contribution in [0.5, 0.6) is 0 Å². The summed E-state index contributed by atoms with van der Waals surface area (Å²) in [6.45, 7) is 11.0. The summed E-state index contributed by atoms with van der Waals surface area (Å²) in [6.07, 6.45) is 12.7. The second kappa shape index (κ2) is 5.50. The lowest BCUT2D eigenvalue weighted by Gasteiger charge is -2.58. The minimum Gasteiger partial charge on any atom is -0.469 e.